The zero-order valence-corrected chi connectivity index (χ0v) is 10.7. The second kappa shape index (κ2) is 4.93. The molecule has 0 aliphatic rings. The number of amides is 1. The summed E-state index contributed by atoms with van der Waals surface area (Å²) >= 11 is 1.28. The number of hydrogen-bond donors (Lipinski definition) is 1. The summed E-state index contributed by atoms with van der Waals surface area (Å²) in [4.78, 5) is 12.4. The van der Waals surface area contributed by atoms with Crippen molar-refractivity contribution in [2.24, 2.45) is 0 Å². The average molecular weight is 295 g/mol. The highest BCUT2D eigenvalue weighted by atomic mass is 32.1. The number of benzene rings is 1. The first kappa shape index (κ1) is 12.6. The van der Waals surface area contributed by atoms with Gasteiger partial charge < -0.3 is 5.32 Å². The molecule has 1 N–H and O–H groups in total. The van der Waals surface area contributed by atoms with Crippen molar-refractivity contribution in [1.29, 1.82) is 0 Å². The Balaban J connectivity index is 1.69. The lowest BCUT2D eigenvalue weighted by molar-refractivity contribution is 0.0950. The standard InChI is InChI=1S/C11H7F2N5OS/c12-7-2-1-6(3-8(7)13)10(19)14-4-9-17-18-5-15-16-11(18)20-9/h1-3,5H,4H2,(H,14,19). The quantitative estimate of drug-likeness (QED) is 0.792. The Morgan fingerprint density at radius 3 is 2.95 bits per heavy atom. The molecule has 3 aromatic rings. The number of fused-ring (bicyclic) bond motifs is 1. The van der Waals surface area contributed by atoms with E-state index < -0.39 is 17.5 Å². The molecule has 9 heteroatoms. The van der Waals surface area contributed by atoms with Crippen molar-refractivity contribution in [3.63, 3.8) is 0 Å². The van der Waals surface area contributed by atoms with Crippen LogP contribution in [0.15, 0.2) is 24.5 Å². The minimum atomic E-state index is -1.06. The molecule has 2 heterocycles. The largest absolute Gasteiger partial charge is 0.345 e. The molecule has 0 unspecified atom stereocenters. The lowest BCUT2D eigenvalue weighted by Gasteiger charge is -2.03. The number of rotatable bonds is 3. The average Bonchev–Trinajstić information content (AvgIpc) is 3.00. The first-order valence-corrected chi connectivity index (χ1v) is 6.34. The van der Waals surface area contributed by atoms with Crippen molar-refractivity contribution in [3.8, 4) is 0 Å². The fourth-order valence-electron chi connectivity index (χ4n) is 1.57. The van der Waals surface area contributed by atoms with Gasteiger partial charge in [-0.05, 0) is 18.2 Å². The smallest absolute Gasteiger partial charge is 0.251 e. The van der Waals surface area contributed by atoms with Crippen LogP contribution in [0.2, 0.25) is 0 Å². The zero-order valence-electron chi connectivity index (χ0n) is 9.88. The maximum Gasteiger partial charge on any atom is 0.251 e. The zero-order chi connectivity index (χ0) is 14.1. The summed E-state index contributed by atoms with van der Waals surface area (Å²) in [5.74, 6) is -2.55. The Kier molecular flexibility index (Phi) is 3.11. The number of carbonyl (C=O) groups is 1. The predicted molar refractivity (Wildman–Crippen MR) is 66.2 cm³/mol. The number of aromatic nitrogens is 4. The highest BCUT2D eigenvalue weighted by Gasteiger charge is 2.11. The Bertz CT molecular complexity index is 756. The fraction of sp³-hybridized carbons (Fsp3) is 0.0909. The predicted octanol–water partition coefficient (Wildman–Crippen LogP) is 1.39. The highest BCUT2D eigenvalue weighted by molar-refractivity contribution is 7.16. The molecule has 0 bridgehead atoms. The molecule has 0 fully saturated rings. The van der Waals surface area contributed by atoms with Crippen LogP contribution in [0.3, 0.4) is 0 Å². The van der Waals surface area contributed by atoms with E-state index in [0.29, 0.717) is 9.97 Å². The van der Waals surface area contributed by atoms with E-state index >= 15 is 0 Å². The van der Waals surface area contributed by atoms with E-state index in [9.17, 15) is 13.6 Å². The molecule has 0 aliphatic heterocycles. The molecule has 3 rings (SSSR count). The van der Waals surface area contributed by atoms with Gasteiger partial charge in [-0.3, -0.25) is 4.79 Å². The number of nitrogens with zero attached hydrogens (tertiary/aromatic N) is 4. The summed E-state index contributed by atoms with van der Waals surface area (Å²) in [5, 5.41) is 14.8. The summed E-state index contributed by atoms with van der Waals surface area (Å²) in [6.07, 6.45) is 1.45. The van der Waals surface area contributed by atoms with Crippen LogP contribution in [0.4, 0.5) is 8.78 Å². The third kappa shape index (κ3) is 2.35. The molecule has 1 amide bonds. The molecule has 2 aromatic heterocycles. The van der Waals surface area contributed by atoms with E-state index in [1.165, 1.54) is 28.2 Å². The van der Waals surface area contributed by atoms with Crippen molar-refractivity contribution in [1.82, 2.24) is 25.1 Å². The van der Waals surface area contributed by atoms with Gasteiger partial charge in [0.05, 0.1) is 6.54 Å². The molecular weight excluding hydrogens is 288 g/mol. The maximum atomic E-state index is 13.0. The summed E-state index contributed by atoms with van der Waals surface area (Å²) in [6, 6.07) is 2.98. The van der Waals surface area contributed by atoms with Crippen LogP contribution in [0.1, 0.15) is 15.4 Å². The van der Waals surface area contributed by atoms with Crippen LogP contribution in [0.25, 0.3) is 4.96 Å². The summed E-state index contributed by atoms with van der Waals surface area (Å²) in [6.45, 7) is 0.172. The molecule has 0 saturated heterocycles. The van der Waals surface area contributed by atoms with Gasteiger partial charge in [-0.1, -0.05) is 11.3 Å². The van der Waals surface area contributed by atoms with Gasteiger partial charge in [0.15, 0.2) is 11.6 Å². The van der Waals surface area contributed by atoms with Gasteiger partial charge in [0, 0.05) is 5.56 Å². The van der Waals surface area contributed by atoms with Crippen LogP contribution in [-0.2, 0) is 6.54 Å². The molecule has 0 spiro atoms. The molecule has 20 heavy (non-hydrogen) atoms. The van der Waals surface area contributed by atoms with Gasteiger partial charge >= 0.3 is 0 Å². The second-order valence-electron chi connectivity index (χ2n) is 3.87. The molecular formula is C11H7F2N5OS. The molecule has 0 radical (unpaired) electrons. The van der Waals surface area contributed by atoms with Crippen LogP contribution >= 0.6 is 11.3 Å². The molecule has 102 valence electrons. The van der Waals surface area contributed by atoms with Crippen molar-refractivity contribution in [2.45, 2.75) is 6.54 Å². The number of halogens is 2. The van der Waals surface area contributed by atoms with Gasteiger partial charge in [0.1, 0.15) is 11.3 Å². The summed E-state index contributed by atoms with van der Waals surface area (Å²) in [5.41, 5.74) is 0.0481. The third-order valence-electron chi connectivity index (χ3n) is 2.51. The lowest BCUT2D eigenvalue weighted by atomic mass is 10.2. The minimum Gasteiger partial charge on any atom is -0.345 e. The molecule has 0 atom stereocenters. The second-order valence-corrected chi connectivity index (χ2v) is 4.91. The summed E-state index contributed by atoms with van der Waals surface area (Å²) < 4.78 is 27.3. The monoisotopic (exact) mass is 295 g/mol. The maximum absolute atomic E-state index is 13.0. The summed E-state index contributed by atoms with van der Waals surface area (Å²) in [7, 11) is 0. The topological polar surface area (TPSA) is 72.2 Å². The Hall–Kier alpha value is -2.42. The van der Waals surface area contributed by atoms with E-state index in [1.54, 1.807) is 0 Å². The van der Waals surface area contributed by atoms with E-state index in [2.05, 4.69) is 20.6 Å². The van der Waals surface area contributed by atoms with Gasteiger partial charge in [0.25, 0.3) is 5.91 Å². The lowest BCUT2D eigenvalue weighted by Crippen LogP contribution is -2.23. The van der Waals surface area contributed by atoms with Crippen LogP contribution in [0, 0.1) is 11.6 Å². The van der Waals surface area contributed by atoms with Crippen LogP contribution in [-0.4, -0.2) is 25.7 Å². The molecule has 0 saturated carbocycles. The van der Waals surface area contributed by atoms with Gasteiger partial charge in [-0.15, -0.1) is 10.2 Å². The van der Waals surface area contributed by atoms with Crippen molar-refractivity contribution < 1.29 is 13.6 Å². The molecule has 6 nitrogen and oxygen atoms in total. The Morgan fingerprint density at radius 1 is 1.35 bits per heavy atom. The van der Waals surface area contributed by atoms with Crippen molar-refractivity contribution in [2.75, 3.05) is 0 Å². The Morgan fingerprint density at radius 2 is 2.20 bits per heavy atom. The Labute approximate surface area is 115 Å². The fourth-order valence-corrected chi connectivity index (χ4v) is 2.32. The first-order valence-electron chi connectivity index (χ1n) is 5.52. The number of carbonyl (C=O) groups excluding carboxylic acids is 1. The molecule has 1 aromatic carbocycles. The number of hydrogen-bond acceptors (Lipinski definition) is 5. The van der Waals surface area contributed by atoms with Crippen molar-refractivity contribution in [3.05, 3.63) is 46.7 Å². The van der Waals surface area contributed by atoms with E-state index in [0.717, 1.165) is 12.1 Å². The van der Waals surface area contributed by atoms with Gasteiger partial charge in [0.2, 0.25) is 4.96 Å². The highest BCUT2D eigenvalue weighted by Crippen LogP contribution is 2.12. The number of nitrogens with one attached hydrogen (secondary N) is 1. The van der Waals surface area contributed by atoms with E-state index in [-0.39, 0.29) is 12.1 Å². The van der Waals surface area contributed by atoms with Crippen LogP contribution in [0.5, 0.6) is 0 Å². The SMILES string of the molecule is O=C(NCc1nn2cnnc2s1)c1ccc(F)c(F)c1. The van der Waals surface area contributed by atoms with Crippen LogP contribution < -0.4 is 5.32 Å². The molecule has 0 aliphatic carbocycles. The van der Waals surface area contributed by atoms with Gasteiger partial charge in [-0.25, -0.2) is 8.78 Å². The third-order valence-corrected chi connectivity index (χ3v) is 3.42. The van der Waals surface area contributed by atoms with E-state index in [1.807, 2.05) is 0 Å². The normalized spacial score (nSPS) is 10.9. The van der Waals surface area contributed by atoms with Gasteiger partial charge in [-0.2, -0.15) is 9.61 Å². The first-order chi connectivity index (χ1) is 9.63. The van der Waals surface area contributed by atoms with Crippen molar-refractivity contribution >= 4 is 22.2 Å². The minimum absolute atomic E-state index is 0.0481. The van der Waals surface area contributed by atoms with E-state index in [4.69, 9.17) is 0 Å².